The third-order valence-electron chi connectivity index (χ3n) is 2.60. The summed E-state index contributed by atoms with van der Waals surface area (Å²) in [4.78, 5) is 0. The van der Waals surface area contributed by atoms with E-state index in [0.29, 0.717) is 0 Å². The predicted octanol–water partition coefficient (Wildman–Crippen LogP) is 4.32. The Morgan fingerprint density at radius 1 is 0.700 bits per heavy atom. The van der Waals surface area contributed by atoms with E-state index in [-0.39, 0.29) is 0 Å². The third-order valence-corrected chi connectivity index (χ3v) is 2.60. The molecule has 0 aromatic heterocycles. The van der Waals surface area contributed by atoms with Crippen molar-refractivity contribution in [2.75, 3.05) is 0 Å². The van der Waals surface area contributed by atoms with Crippen LogP contribution in [0.4, 0.5) is 30.7 Å². The second kappa shape index (κ2) is 4.81. The summed E-state index contributed by atoms with van der Waals surface area (Å²) in [6.07, 6.45) is 0. The molecule has 0 bridgehead atoms. The minimum absolute atomic E-state index is 0.762. The van der Waals surface area contributed by atoms with Crippen molar-refractivity contribution in [1.29, 1.82) is 0 Å². The summed E-state index contributed by atoms with van der Waals surface area (Å²) in [5, 5.41) is 0. The molecule has 0 atom stereocenters. The van der Waals surface area contributed by atoms with Crippen molar-refractivity contribution in [2.45, 2.75) is 5.92 Å². The van der Waals surface area contributed by atoms with Gasteiger partial charge in [-0.25, -0.2) is 22.0 Å². The van der Waals surface area contributed by atoms with Gasteiger partial charge in [-0.3, -0.25) is 0 Å². The first-order chi connectivity index (χ1) is 9.28. The Balaban J connectivity index is 2.76. The molecule has 0 heterocycles. The molecule has 0 nitrogen and oxygen atoms in total. The van der Waals surface area contributed by atoms with Gasteiger partial charge in [-0.1, -0.05) is 24.3 Å². The van der Waals surface area contributed by atoms with Crippen LogP contribution < -0.4 is 0 Å². The van der Waals surface area contributed by atoms with E-state index in [0.717, 1.165) is 24.3 Å². The summed E-state index contributed by atoms with van der Waals surface area (Å²) in [6.45, 7) is 0. The van der Waals surface area contributed by atoms with E-state index in [9.17, 15) is 30.7 Å². The van der Waals surface area contributed by atoms with E-state index < -0.39 is 46.1 Å². The largest absolute Gasteiger partial charge is 0.304 e. The highest BCUT2D eigenvalue weighted by molar-refractivity contribution is 5.36. The van der Waals surface area contributed by atoms with Gasteiger partial charge in [0.15, 0.2) is 23.3 Å². The molecule has 2 aromatic rings. The number of rotatable bonds is 2. The van der Waals surface area contributed by atoms with Crippen molar-refractivity contribution in [2.24, 2.45) is 0 Å². The van der Waals surface area contributed by atoms with Gasteiger partial charge in [0.2, 0.25) is 5.82 Å². The maximum atomic E-state index is 14.0. The van der Waals surface area contributed by atoms with Gasteiger partial charge >= 0.3 is 5.92 Å². The van der Waals surface area contributed by atoms with Crippen LogP contribution in [0.25, 0.3) is 0 Å². The Morgan fingerprint density at radius 2 is 1.10 bits per heavy atom. The zero-order valence-corrected chi connectivity index (χ0v) is 9.46. The molecule has 1 radical (unpaired) electrons. The number of hydrogen-bond donors (Lipinski definition) is 0. The molecule has 0 spiro atoms. The van der Waals surface area contributed by atoms with Crippen LogP contribution in [0.15, 0.2) is 24.3 Å². The maximum absolute atomic E-state index is 14.0. The van der Waals surface area contributed by atoms with Crippen molar-refractivity contribution in [3.05, 3.63) is 70.5 Å². The highest BCUT2D eigenvalue weighted by Gasteiger charge is 2.43. The molecule has 20 heavy (non-hydrogen) atoms. The first-order valence-electron chi connectivity index (χ1n) is 5.14. The van der Waals surface area contributed by atoms with Crippen molar-refractivity contribution in [1.82, 2.24) is 0 Å². The predicted molar refractivity (Wildman–Crippen MR) is 54.5 cm³/mol. The topological polar surface area (TPSA) is 0 Å². The molecule has 0 aliphatic heterocycles. The smallest absolute Gasteiger partial charge is 0.203 e. The fourth-order valence-corrected chi connectivity index (χ4v) is 1.62. The third kappa shape index (κ3) is 2.03. The van der Waals surface area contributed by atoms with Crippen LogP contribution >= 0.6 is 0 Å². The highest BCUT2D eigenvalue weighted by atomic mass is 19.3. The van der Waals surface area contributed by atoms with Gasteiger partial charge in [-0.05, 0) is 6.07 Å². The minimum Gasteiger partial charge on any atom is -0.203 e. The highest BCUT2D eigenvalue weighted by Crippen LogP contribution is 2.40. The zero-order valence-electron chi connectivity index (χ0n) is 9.46. The van der Waals surface area contributed by atoms with Gasteiger partial charge in [0, 0.05) is 5.56 Å². The van der Waals surface area contributed by atoms with Crippen LogP contribution in [-0.4, -0.2) is 0 Å². The fourth-order valence-electron chi connectivity index (χ4n) is 1.62. The van der Waals surface area contributed by atoms with Crippen LogP contribution in [0.2, 0.25) is 0 Å². The molecular formula is C13H4F7. The van der Waals surface area contributed by atoms with Gasteiger partial charge in [0.05, 0.1) is 0 Å². The Bertz CT molecular complexity index is 621. The second-order valence-electron chi connectivity index (χ2n) is 3.81. The lowest BCUT2D eigenvalue weighted by molar-refractivity contribution is 0.0324. The molecule has 105 valence electrons. The van der Waals surface area contributed by atoms with E-state index in [1.807, 2.05) is 0 Å². The molecule has 0 aliphatic rings. The van der Waals surface area contributed by atoms with E-state index in [1.54, 1.807) is 0 Å². The number of benzene rings is 2. The van der Waals surface area contributed by atoms with Crippen LogP contribution in [0.5, 0.6) is 0 Å². The number of halogens is 7. The van der Waals surface area contributed by atoms with E-state index in [2.05, 4.69) is 6.07 Å². The summed E-state index contributed by atoms with van der Waals surface area (Å²) in [6, 6.07) is 5.96. The van der Waals surface area contributed by atoms with Crippen LogP contribution in [0, 0.1) is 35.2 Å². The molecule has 0 unspecified atom stereocenters. The summed E-state index contributed by atoms with van der Waals surface area (Å²) >= 11 is 0. The number of hydrogen-bond acceptors (Lipinski definition) is 0. The van der Waals surface area contributed by atoms with Crippen molar-refractivity contribution in [3.8, 4) is 0 Å². The Morgan fingerprint density at radius 3 is 1.55 bits per heavy atom. The molecule has 0 saturated heterocycles. The van der Waals surface area contributed by atoms with Crippen molar-refractivity contribution in [3.63, 3.8) is 0 Å². The molecule has 0 fully saturated rings. The summed E-state index contributed by atoms with van der Waals surface area (Å²) < 4.78 is 93.4. The van der Waals surface area contributed by atoms with Gasteiger partial charge in [0.1, 0.15) is 5.56 Å². The SMILES string of the molecule is Fc1c(F)c(F)c(C(F)(F)c2cc[c]cc2)c(F)c1F. The van der Waals surface area contributed by atoms with E-state index in [4.69, 9.17) is 0 Å². The molecule has 0 amide bonds. The summed E-state index contributed by atoms with van der Waals surface area (Å²) in [7, 11) is 0. The van der Waals surface area contributed by atoms with Gasteiger partial charge in [0.25, 0.3) is 0 Å². The first-order valence-corrected chi connectivity index (χ1v) is 5.14. The first kappa shape index (κ1) is 14.4. The lowest BCUT2D eigenvalue weighted by Gasteiger charge is -2.19. The van der Waals surface area contributed by atoms with Crippen LogP contribution in [0.1, 0.15) is 11.1 Å². The quantitative estimate of drug-likeness (QED) is 0.439. The summed E-state index contributed by atoms with van der Waals surface area (Å²) in [5.74, 6) is -16.8. The monoisotopic (exact) mass is 293 g/mol. The maximum Gasteiger partial charge on any atom is 0.304 e. The van der Waals surface area contributed by atoms with E-state index in [1.165, 1.54) is 0 Å². The molecule has 0 aliphatic carbocycles. The molecule has 7 heteroatoms. The lowest BCUT2D eigenvalue weighted by atomic mass is 9.98. The summed E-state index contributed by atoms with van der Waals surface area (Å²) in [5.41, 5.74) is -3.10. The van der Waals surface area contributed by atoms with Crippen molar-refractivity contribution < 1.29 is 30.7 Å². The molecule has 0 saturated carbocycles. The van der Waals surface area contributed by atoms with Gasteiger partial charge in [-0.15, -0.1) is 0 Å². The van der Waals surface area contributed by atoms with Crippen LogP contribution in [-0.2, 0) is 5.92 Å². The number of alkyl halides is 2. The normalized spacial score (nSPS) is 11.8. The Labute approximate surface area is 108 Å². The zero-order chi connectivity index (χ0) is 15.1. The van der Waals surface area contributed by atoms with Gasteiger partial charge in [-0.2, -0.15) is 8.78 Å². The standard InChI is InChI=1S/C13H4F7/c14-8-7(9(15)11(17)12(18)10(8)16)13(19,20)6-4-2-1-3-5-6/h2-5H. The molecule has 2 rings (SSSR count). The van der Waals surface area contributed by atoms with E-state index >= 15 is 0 Å². The Hall–Kier alpha value is -2.05. The lowest BCUT2D eigenvalue weighted by Crippen LogP contribution is -2.22. The second-order valence-corrected chi connectivity index (χ2v) is 3.81. The molecular weight excluding hydrogens is 289 g/mol. The van der Waals surface area contributed by atoms with Gasteiger partial charge < -0.3 is 0 Å². The fraction of sp³-hybridized carbons (Fsp3) is 0.0769. The Kier molecular flexibility index (Phi) is 3.45. The average Bonchev–Trinajstić information content (AvgIpc) is 2.44. The van der Waals surface area contributed by atoms with Crippen LogP contribution in [0.3, 0.4) is 0 Å². The molecule has 2 aromatic carbocycles. The average molecular weight is 293 g/mol. The minimum atomic E-state index is -4.38. The molecule has 0 N–H and O–H groups in total. The van der Waals surface area contributed by atoms with Crippen molar-refractivity contribution >= 4 is 0 Å².